The minimum absolute atomic E-state index is 0.0783. The predicted octanol–water partition coefficient (Wildman–Crippen LogP) is 5.39. The number of aliphatic imine (C=N–C) groups is 1. The maximum atomic E-state index is 12.6. The summed E-state index contributed by atoms with van der Waals surface area (Å²) in [7, 11) is 0. The first-order chi connectivity index (χ1) is 14.0. The molecule has 150 valence electrons. The Morgan fingerprint density at radius 1 is 1.28 bits per heavy atom. The quantitative estimate of drug-likeness (QED) is 0.312. The maximum Gasteiger partial charge on any atom is 0.329 e. The van der Waals surface area contributed by atoms with Crippen LogP contribution in [0.2, 0.25) is 0 Å². The number of benzene rings is 2. The lowest BCUT2D eigenvalue weighted by Crippen LogP contribution is -2.24. The molecule has 3 aromatic rings. The maximum absolute atomic E-state index is 12.6. The second-order valence-corrected chi connectivity index (χ2v) is 8.16. The van der Waals surface area contributed by atoms with Gasteiger partial charge in [-0.05, 0) is 49.3 Å². The molecular formula is C22H22N2O3S2. The SMILES string of the molecule is CCOC(=O)[C@@H](Cc1ccccc1)n1c(O)c(C=Nc2cccc(C)c2)sc1=S. The average molecular weight is 427 g/mol. The predicted molar refractivity (Wildman–Crippen MR) is 119 cm³/mol. The summed E-state index contributed by atoms with van der Waals surface area (Å²) in [6.45, 7) is 4.00. The van der Waals surface area contributed by atoms with E-state index in [1.54, 1.807) is 13.1 Å². The Kier molecular flexibility index (Phi) is 6.95. The largest absolute Gasteiger partial charge is 0.493 e. The molecule has 29 heavy (non-hydrogen) atoms. The van der Waals surface area contributed by atoms with Crippen LogP contribution < -0.4 is 0 Å². The molecule has 0 spiro atoms. The number of esters is 1. The fourth-order valence-corrected chi connectivity index (χ4v) is 4.23. The molecule has 1 N–H and O–H groups in total. The highest BCUT2D eigenvalue weighted by Crippen LogP contribution is 2.31. The van der Waals surface area contributed by atoms with Gasteiger partial charge < -0.3 is 9.84 Å². The van der Waals surface area contributed by atoms with Crippen molar-refractivity contribution in [1.29, 1.82) is 0 Å². The fourth-order valence-electron chi connectivity index (χ4n) is 2.95. The van der Waals surface area contributed by atoms with Crippen LogP contribution in [0.5, 0.6) is 5.88 Å². The van der Waals surface area contributed by atoms with Crippen molar-refractivity contribution in [3.8, 4) is 5.88 Å². The molecule has 0 aliphatic carbocycles. The normalized spacial score (nSPS) is 12.2. The summed E-state index contributed by atoms with van der Waals surface area (Å²) in [6.07, 6.45) is 1.94. The van der Waals surface area contributed by atoms with E-state index in [1.807, 2.05) is 61.5 Å². The highest BCUT2D eigenvalue weighted by atomic mass is 32.1. The van der Waals surface area contributed by atoms with Gasteiger partial charge in [-0.3, -0.25) is 9.56 Å². The number of carbonyl (C=O) groups excluding carboxylic acids is 1. The number of rotatable bonds is 7. The minimum atomic E-state index is -0.748. The number of hydrogen-bond donors (Lipinski definition) is 1. The van der Waals surface area contributed by atoms with Gasteiger partial charge in [0.05, 0.1) is 18.5 Å². The number of carbonyl (C=O) groups is 1. The van der Waals surface area contributed by atoms with Gasteiger partial charge in [0.2, 0.25) is 5.88 Å². The van der Waals surface area contributed by atoms with Crippen LogP contribution in [-0.4, -0.2) is 28.5 Å². The summed E-state index contributed by atoms with van der Waals surface area (Å²) in [5.41, 5.74) is 2.83. The van der Waals surface area contributed by atoms with Gasteiger partial charge in [0.1, 0.15) is 10.9 Å². The van der Waals surface area contributed by atoms with Crippen molar-refractivity contribution in [2.75, 3.05) is 6.61 Å². The van der Waals surface area contributed by atoms with Crippen LogP contribution >= 0.6 is 23.6 Å². The molecule has 0 unspecified atom stereocenters. The third kappa shape index (κ3) is 5.19. The third-order valence-corrected chi connectivity index (χ3v) is 5.64. The van der Waals surface area contributed by atoms with E-state index in [4.69, 9.17) is 17.0 Å². The van der Waals surface area contributed by atoms with E-state index in [0.29, 0.717) is 15.3 Å². The Balaban J connectivity index is 1.96. The Morgan fingerprint density at radius 3 is 2.72 bits per heavy atom. The molecule has 0 aliphatic heterocycles. The molecule has 2 aromatic carbocycles. The van der Waals surface area contributed by atoms with Gasteiger partial charge in [-0.25, -0.2) is 4.79 Å². The van der Waals surface area contributed by atoms with Crippen molar-refractivity contribution in [2.24, 2.45) is 4.99 Å². The van der Waals surface area contributed by atoms with Crippen LogP contribution in [0.1, 0.15) is 29.0 Å². The zero-order valence-electron chi connectivity index (χ0n) is 16.2. The summed E-state index contributed by atoms with van der Waals surface area (Å²) in [5, 5.41) is 10.8. The first-order valence-electron chi connectivity index (χ1n) is 9.25. The Hall–Kier alpha value is -2.77. The highest BCUT2D eigenvalue weighted by Gasteiger charge is 2.27. The summed E-state index contributed by atoms with van der Waals surface area (Å²) in [6, 6.07) is 16.6. The molecule has 0 fully saturated rings. The Labute approximate surface area is 178 Å². The Morgan fingerprint density at radius 2 is 2.03 bits per heavy atom. The van der Waals surface area contributed by atoms with E-state index < -0.39 is 12.0 Å². The van der Waals surface area contributed by atoms with E-state index in [2.05, 4.69) is 4.99 Å². The van der Waals surface area contributed by atoms with Crippen molar-refractivity contribution in [3.05, 3.63) is 74.6 Å². The standard InChI is InChI=1S/C22H22N2O3S2/c1-3-27-21(26)18(13-16-9-5-4-6-10-16)24-20(25)19(29-22(24)28)14-23-17-11-7-8-15(2)12-17/h4-12,14,18,25H,3,13H2,1-2H3/t18-/m1/s1. The molecule has 3 rings (SSSR count). The molecule has 7 heteroatoms. The van der Waals surface area contributed by atoms with E-state index in [-0.39, 0.29) is 12.5 Å². The second kappa shape index (κ2) is 9.62. The average Bonchev–Trinajstić information content (AvgIpc) is 2.99. The monoisotopic (exact) mass is 426 g/mol. The first-order valence-corrected chi connectivity index (χ1v) is 10.5. The summed E-state index contributed by atoms with van der Waals surface area (Å²) >= 11 is 6.67. The second-order valence-electron chi connectivity index (χ2n) is 6.48. The van der Waals surface area contributed by atoms with Crippen LogP contribution in [0.3, 0.4) is 0 Å². The van der Waals surface area contributed by atoms with Crippen molar-refractivity contribution >= 4 is 41.4 Å². The fraction of sp³-hybridized carbons (Fsp3) is 0.227. The van der Waals surface area contributed by atoms with Crippen LogP contribution in [0, 0.1) is 10.9 Å². The van der Waals surface area contributed by atoms with E-state index in [0.717, 1.165) is 16.8 Å². The zero-order chi connectivity index (χ0) is 20.8. The smallest absolute Gasteiger partial charge is 0.329 e. The van der Waals surface area contributed by atoms with Gasteiger partial charge in [-0.15, -0.1) is 0 Å². The van der Waals surface area contributed by atoms with Crippen molar-refractivity contribution in [3.63, 3.8) is 0 Å². The van der Waals surface area contributed by atoms with Crippen molar-refractivity contribution in [2.45, 2.75) is 26.3 Å². The lowest BCUT2D eigenvalue weighted by Gasteiger charge is -2.18. The van der Waals surface area contributed by atoms with E-state index >= 15 is 0 Å². The molecule has 1 atom stereocenters. The topological polar surface area (TPSA) is 63.8 Å². The lowest BCUT2D eigenvalue weighted by atomic mass is 10.1. The molecule has 0 amide bonds. The molecule has 0 saturated carbocycles. The molecule has 0 bridgehead atoms. The first kappa shape index (κ1) is 21.0. The van der Waals surface area contributed by atoms with Crippen LogP contribution in [0.4, 0.5) is 5.69 Å². The van der Waals surface area contributed by atoms with Crippen molar-refractivity contribution in [1.82, 2.24) is 4.57 Å². The van der Waals surface area contributed by atoms with Crippen LogP contribution in [0.25, 0.3) is 0 Å². The minimum Gasteiger partial charge on any atom is -0.493 e. The zero-order valence-corrected chi connectivity index (χ0v) is 17.9. The number of hydrogen-bond acceptors (Lipinski definition) is 6. The van der Waals surface area contributed by atoms with Gasteiger partial charge in [-0.2, -0.15) is 0 Å². The molecule has 1 heterocycles. The van der Waals surface area contributed by atoms with Gasteiger partial charge in [0, 0.05) is 6.42 Å². The number of thiazole rings is 1. The molecule has 1 aromatic heterocycles. The highest BCUT2D eigenvalue weighted by molar-refractivity contribution is 7.73. The molecule has 0 radical (unpaired) electrons. The molecular weight excluding hydrogens is 404 g/mol. The van der Waals surface area contributed by atoms with Gasteiger partial charge in [-0.1, -0.05) is 53.8 Å². The molecule has 5 nitrogen and oxygen atoms in total. The molecule has 0 saturated heterocycles. The number of ether oxygens (including phenoxy) is 1. The molecule has 0 aliphatic rings. The lowest BCUT2D eigenvalue weighted by molar-refractivity contribution is -0.147. The summed E-state index contributed by atoms with van der Waals surface area (Å²) in [4.78, 5) is 17.6. The number of aryl methyl sites for hydroxylation is 1. The van der Waals surface area contributed by atoms with Gasteiger partial charge in [0.15, 0.2) is 3.95 Å². The van der Waals surface area contributed by atoms with Gasteiger partial charge in [0.25, 0.3) is 0 Å². The van der Waals surface area contributed by atoms with Crippen molar-refractivity contribution < 1.29 is 14.6 Å². The van der Waals surface area contributed by atoms with E-state index in [9.17, 15) is 9.90 Å². The van der Waals surface area contributed by atoms with E-state index in [1.165, 1.54) is 15.9 Å². The summed E-state index contributed by atoms with van der Waals surface area (Å²) < 4.78 is 7.10. The number of aromatic nitrogens is 1. The third-order valence-electron chi connectivity index (χ3n) is 4.32. The van der Waals surface area contributed by atoms with Crippen LogP contribution in [0.15, 0.2) is 59.6 Å². The van der Waals surface area contributed by atoms with Crippen LogP contribution in [-0.2, 0) is 16.0 Å². The number of aromatic hydroxyl groups is 1. The Bertz CT molecular complexity index is 1070. The van der Waals surface area contributed by atoms with Gasteiger partial charge >= 0.3 is 5.97 Å². The number of nitrogens with zero attached hydrogens (tertiary/aromatic N) is 2. The summed E-state index contributed by atoms with van der Waals surface area (Å²) in [5.74, 6) is -0.506.